The molecule has 0 saturated carbocycles. The largest absolute Gasteiger partial charge is 0.493 e. The lowest BCUT2D eigenvalue weighted by molar-refractivity contribution is 0.0986. The van der Waals surface area contributed by atoms with Crippen LogP contribution in [-0.2, 0) is 0 Å². The first kappa shape index (κ1) is 23.1. The molecule has 0 radical (unpaired) electrons. The van der Waals surface area contributed by atoms with Crippen LogP contribution in [0, 0.1) is 5.92 Å². The molecule has 0 aliphatic rings. The van der Waals surface area contributed by atoms with Gasteiger partial charge in [-0.05, 0) is 67.8 Å². The molecule has 5 heteroatoms. The summed E-state index contributed by atoms with van der Waals surface area (Å²) in [5.41, 5.74) is 2.52. The number of nitrogens with zero attached hydrogens (tertiary/aromatic N) is 1. The van der Waals surface area contributed by atoms with Crippen LogP contribution in [0.5, 0.6) is 5.75 Å². The Bertz CT molecular complexity index is 1030. The summed E-state index contributed by atoms with van der Waals surface area (Å²) < 4.78 is 5.83. The molecular formula is C27H30N2O3. The normalized spacial score (nSPS) is 10.6. The van der Waals surface area contributed by atoms with Gasteiger partial charge in [0.05, 0.1) is 12.2 Å². The van der Waals surface area contributed by atoms with E-state index in [0.717, 1.165) is 12.1 Å². The third-order valence-electron chi connectivity index (χ3n) is 5.10. The Hall–Kier alpha value is -3.60. The van der Waals surface area contributed by atoms with Gasteiger partial charge in [-0.1, -0.05) is 44.2 Å². The third-order valence-corrected chi connectivity index (χ3v) is 5.10. The molecule has 0 bridgehead atoms. The molecule has 0 fully saturated rings. The number of rotatable bonds is 9. The molecule has 2 amide bonds. The summed E-state index contributed by atoms with van der Waals surface area (Å²) in [5.74, 6) is 0.769. The van der Waals surface area contributed by atoms with E-state index >= 15 is 0 Å². The Morgan fingerprint density at radius 2 is 1.56 bits per heavy atom. The third kappa shape index (κ3) is 5.97. The van der Waals surface area contributed by atoms with E-state index in [1.54, 1.807) is 41.3 Å². The van der Waals surface area contributed by atoms with Crippen LogP contribution in [0.4, 0.5) is 11.4 Å². The zero-order valence-electron chi connectivity index (χ0n) is 18.9. The maximum absolute atomic E-state index is 12.9. The minimum Gasteiger partial charge on any atom is -0.493 e. The second-order valence-corrected chi connectivity index (χ2v) is 7.94. The fourth-order valence-electron chi connectivity index (χ4n) is 3.29. The lowest BCUT2D eigenvalue weighted by Crippen LogP contribution is -2.30. The molecule has 32 heavy (non-hydrogen) atoms. The number of benzene rings is 3. The Kier molecular flexibility index (Phi) is 8.03. The zero-order chi connectivity index (χ0) is 22.9. The van der Waals surface area contributed by atoms with Crippen LogP contribution in [-0.4, -0.2) is 25.0 Å². The highest BCUT2D eigenvalue weighted by atomic mass is 16.5. The Balaban J connectivity index is 1.68. The van der Waals surface area contributed by atoms with Gasteiger partial charge in [-0.25, -0.2) is 0 Å². The number of ether oxygens (including phenoxy) is 1. The quantitative estimate of drug-likeness (QED) is 0.451. The van der Waals surface area contributed by atoms with Gasteiger partial charge in [0.25, 0.3) is 11.8 Å². The van der Waals surface area contributed by atoms with Gasteiger partial charge in [0.1, 0.15) is 5.75 Å². The second-order valence-electron chi connectivity index (χ2n) is 7.94. The number of carbonyl (C=O) groups excluding carboxylic acids is 2. The summed E-state index contributed by atoms with van der Waals surface area (Å²) in [6.45, 7) is 7.34. The SMILES string of the molecule is CCN(C(=O)c1ccc(NC(=O)c2ccccc2OCCC(C)C)cc1)c1ccccc1. The van der Waals surface area contributed by atoms with Crippen LogP contribution in [0.25, 0.3) is 0 Å². The van der Waals surface area contributed by atoms with Crippen molar-refractivity contribution in [2.75, 3.05) is 23.4 Å². The monoisotopic (exact) mass is 430 g/mol. The van der Waals surface area contributed by atoms with E-state index in [2.05, 4.69) is 19.2 Å². The Labute approximate surface area is 190 Å². The van der Waals surface area contributed by atoms with E-state index in [9.17, 15) is 9.59 Å². The van der Waals surface area contributed by atoms with Gasteiger partial charge < -0.3 is 15.0 Å². The van der Waals surface area contributed by atoms with Crippen molar-refractivity contribution in [2.24, 2.45) is 5.92 Å². The minimum absolute atomic E-state index is 0.0829. The second kappa shape index (κ2) is 11.1. The highest BCUT2D eigenvalue weighted by Gasteiger charge is 2.17. The van der Waals surface area contributed by atoms with E-state index in [-0.39, 0.29) is 11.8 Å². The number of anilines is 2. The van der Waals surface area contributed by atoms with Crippen molar-refractivity contribution in [3.8, 4) is 5.75 Å². The summed E-state index contributed by atoms with van der Waals surface area (Å²) in [6, 6.07) is 23.7. The average molecular weight is 431 g/mol. The lowest BCUT2D eigenvalue weighted by atomic mass is 10.1. The van der Waals surface area contributed by atoms with E-state index in [1.807, 2.05) is 49.4 Å². The molecule has 0 aliphatic carbocycles. The van der Waals surface area contributed by atoms with Gasteiger partial charge in [-0.3, -0.25) is 9.59 Å². The fraction of sp³-hybridized carbons (Fsp3) is 0.259. The van der Waals surface area contributed by atoms with Crippen molar-refractivity contribution >= 4 is 23.2 Å². The van der Waals surface area contributed by atoms with Gasteiger partial charge in [-0.15, -0.1) is 0 Å². The summed E-state index contributed by atoms with van der Waals surface area (Å²) in [5, 5.41) is 2.89. The summed E-state index contributed by atoms with van der Waals surface area (Å²) in [6.07, 6.45) is 0.920. The van der Waals surface area contributed by atoms with Gasteiger partial charge in [-0.2, -0.15) is 0 Å². The van der Waals surface area contributed by atoms with E-state index in [4.69, 9.17) is 4.74 Å². The number of hydrogen-bond donors (Lipinski definition) is 1. The van der Waals surface area contributed by atoms with Crippen molar-refractivity contribution in [1.29, 1.82) is 0 Å². The van der Waals surface area contributed by atoms with Crippen LogP contribution in [0.2, 0.25) is 0 Å². The topological polar surface area (TPSA) is 58.6 Å². The van der Waals surface area contributed by atoms with Gasteiger partial charge in [0.2, 0.25) is 0 Å². The standard InChI is InChI=1S/C27H30N2O3/c1-4-29(23-10-6-5-7-11-23)27(31)21-14-16-22(17-15-21)28-26(30)24-12-8-9-13-25(24)32-19-18-20(2)3/h5-17,20H,4,18-19H2,1-3H3,(H,28,30). The maximum atomic E-state index is 12.9. The molecule has 0 heterocycles. The highest BCUT2D eigenvalue weighted by Crippen LogP contribution is 2.22. The van der Waals surface area contributed by atoms with Gasteiger partial charge >= 0.3 is 0 Å². The van der Waals surface area contributed by atoms with Crippen LogP contribution < -0.4 is 15.0 Å². The Morgan fingerprint density at radius 3 is 2.22 bits per heavy atom. The summed E-state index contributed by atoms with van der Waals surface area (Å²) in [4.78, 5) is 27.5. The number of amides is 2. The van der Waals surface area contributed by atoms with Gasteiger partial charge in [0, 0.05) is 23.5 Å². The highest BCUT2D eigenvalue weighted by molar-refractivity contribution is 6.08. The first-order valence-electron chi connectivity index (χ1n) is 11.0. The molecule has 0 unspecified atom stereocenters. The molecule has 0 spiro atoms. The van der Waals surface area contributed by atoms with E-state index in [1.165, 1.54) is 0 Å². The molecule has 0 atom stereocenters. The van der Waals surface area contributed by atoms with Crippen LogP contribution in [0.3, 0.4) is 0 Å². The fourth-order valence-corrected chi connectivity index (χ4v) is 3.29. The maximum Gasteiger partial charge on any atom is 0.259 e. The average Bonchev–Trinajstić information content (AvgIpc) is 2.81. The molecule has 0 aliphatic heterocycles. The molecule has 3 rings (SSSR count). The molecule has 0 saturated heterocycles. The molecule has 0 aromatic heterocycles. The predicted molar refractivity (Wildman–Crippen MR) is 130 cm³/mol. The van der Waals surface area contributed by atoms with Crippen LogP contribution in [0.15, 0.2) is 78.9 Å². The predicted octanol–water partition coefficient (Wildman–Crippen LogP) is 6.03. The smallest absolute Gasteiger partial charge is 0.259 e. The Morgan fingerprint density at radius 1 is 0.906 bits per heavy atom. The zero-order valence-corrected chi connectivity index (χ0v) is 18.9. The molecule has 166 valence electrons. The molecular weight excluding hydrogens is 400 g/mol. The van der Waals surface area contributed by atoms with Gasteiger partial charge in [0.15, 0.2) is 0 Å². The van der Waals surface area contributed by atoms with Crippen LogP contribution >= 0.6 is 0 Å². The lowest BCUT2D eigenvalue weighted by Gasteiger charge is -2.21. The molecule has 5 nitrogen and oxygen atoms in total. The van der Waals surface area contributed by atoms with Crippen molar-refractivity contribution in [3.63, 3.8) is 0 Å². The minimum atomic E-state index is -0.247. The molecule has 3 aromatic carbocycles. The molecule has 3 aromatic rings. The van der Waals surface area contributed by atoms with Crippen molar-refractivity contribution in [3.05, 3.63) is 90.0 Å². The van der Waals surface area contributed by atoms with E-state index in [0.29, 0.717) is 41.6 Å². The van der Waals surface area contributed by atoms with E-state index < -0.39 is 0 Å². The van der Waals surface area contributed by atoms with Crippen molar-refractivity contribution in [2.45, 2.75) is 27.2 Å². The van der Waals surface area contributed by atoms with Crippen molar-refractivity contribution < 1.29 is 14.3 Å². The number of hydrogen-bond acceptors (Lipinski definition) is 3. The summed E-state index contributed by atoms with van der Waals surface area (Å²) >= 11 is 0. The first-order valence-corrected chi connectivity index (χ1v) is 11.0. The van der Waals surface area contributed by atoms with Crippen LogP contribution in [0.1, 0.15) is 47.9 Å². The summed E-state index contributed by atoms with van der Waals surface area (Å²) in [7, 11) is 0. The van der Waals surface area contributed by atoms with Crippen molar-refractivity contribution in [1.82, 2.24) is 0 Å². The first-order chi connectivity index (χ1) is 15.5. The number of para-hydroxylation sites is 2. The molecule has 1 N–H and O–H groups in total. The number of nitrogens with one attached hydrogen (secondary N) is 1. The number of carbonyl (C=O) groups is 2.